The zero-order chi connectivity index (χ0) is 13.7. The van der Waals surface area contributed by atoms with Gasteiger partial charge in [0.15, 0.2) is 0 Å². The Morgan fingerprint density at radius 2 is 2.26 bits per heavy atom. The van der Waals surface area contributed by atoms with Crippen LogP contribution in [0.3, 0.4) is 0 Å². The minimum absolute atomic E-state index is 0.142. The highest BCUT2D eigenvalue weighted by molar-refractivity contribution is 9.10. The molecule has 1 unspecified atom stereocenters. The third-order valence-electron chi connectivity index (χ3n) is 3.03. The van der Waals surface area contributed by atoms with Crippen LogP contribution in [0.4, 0.5) is 0 Å². The van der Waals surface area contributed by atoms with Gasteiger partial charge in [-0.05, 0) is 31.0 Å². The summed E-state index contributed by atoms with van der Waals surface area (Å²) in [4.78, 5) is 4.28. The van der Waals surface area contributed by atoms with Crippen molar-refractivity contribution in [1.82, 2.24) is 20.2 Å². The normalized spacial score (nSPS) is 12.6. The molecule has 2 rings (SSSR count). The molecule has 0 bridgehead atoms. The van der Waals surface area contributed by atoms with Gasteiger partial charge in [0.05, 0.1) is 0 Å². The molecule has 0 spiro atoms. The summed E-state index contributed by atoms with van der Waals surface area (Å²) in [5.74, 6) is 6.61. The molecule has 0 aliphatic carbocycles. The van der Waals surface area contributed by atoms with Gasteiger partial charge in [0.2, 0.25) is 0 Å². The molecule has 0 saturated carbocycles. The van der Waals surface area contributed by atoms with E-state index in [0.29, 0.717) is 0 Å². The summed E-state index contributed by atoms with van der Waals surface area (Å²) < 4.78 is 2.98. The summed E-state index contributed by atoms with van der Waals surface area (Å²) in [7, 11) is 0. The van der Waals surface area contributed by atoms with Gasteiger partial charge in [-0.1, -0.05) is 28.1 Å². The standard InChI is InChI=1S/C13H18BrN5/c1-2-19-13(16-9-17-19)8-12(18-15)7-10-4-3-5-11(14)6-10/h3-6,9,12,18H,2,7-8,15H2,1H3. The maximum Gasteiger partial charge on any atom is 0.138 e. The fourth-order valence-electron chi connectivity index (χ4n) is 2.07. The van der Waals surface area contributed by atoms with Crippen LogP contribution >= 0.6 is 15.9 Å². The Morgan fingerprint density at radius 3 is 2.95 bits per heavy atom. The van der Waals surface area contributed by atoms with E-state index in [-0.39, 0.29) is 6.04 Å². The van der Waals surface area contributed by atoms with E-state index in [9.17, 15) is 0 Å². The summed E-state index contributed by atoms with van der Waals surface area (Å²) in [6.07, 6.45) is 3.20. The van der Waals surface area contributed by atoms with Gasteiger partial charge in [-0.25, -0.2) is 4.98 Å². The lowest BCUT2D eigenvalue weighted by Crippen LogP contribution is -2.39. The van der Waals surface area contributed by atoms with Crippen LogP contribution in [0.25, 0.3) is 0 Å². The number of nitrogens with two attached hydrogens (primary N) is 1. The first-order chi connectivity index (χ1) is 9.22. The predicted molar refractivity (Wildman–Crippen MR) is 78.4 cm³/mol. The van der Waals surface area contributed by atoms with Crippen molar-refractivity contribution in [2.45, 2.75) is 32.4 Å². The Morgan fingerprint density at radius 1 is 1.42 bits per heavy atom. The van der Waals surface area contributed by atoms with Gasteiger partial charge in [-0.2, -0.15) is 5.10 Å². The lowest BCUT2D eigenvalue weighted by Gasteiger charge is -2.16. The molecule has 1 heterocycles. The van der Waals surface area contributed by atoms with Gasteiger partial charge < -0.3 is 0 Å². The molecule has 0 fully saturated rings. The average Bonchev–Trinajstić information content (AvgIpc) is 2.85. The molecule has 19 heavy (non-hydrogen) atoms. The van der Waals surface area contributed by atoms with E-state index in [0.717, 1.165) is 29.7 Å². The molecule has 5 nitrogen and oxygen atoms in total. The molecule has 1 aromatic heterocycles. The highest BCUT2D eigenvalue weighted by atomic mass is 79.9. The molecule has 1 aromatic carbocycles. The molecule has 3 N–H and O–H groups in total. The van der Waals surface area contributed by atoms with Crippen LogP contribution in [0.15, 0.2) is 35.1 Å². The summed E-state index contributed by atoms with van der Waals surface area (Å²) in [6.45, 7) is 2.88. The molecule has 1 atom stereocenters. The predicted octanol–water partition coefficient (Wildman–Crippen LogP) is 1.68. The molecular formula is C13H18BrN5. The number of hydrogen-bond acceptors (Lipinski definition) is 4. The molecule has 0 aliphatic heterocycles. The first-order valence-electron chi connectivity index (χ1n) is 6.30. The molecule has 0 aliphatic rings. The highest BCUT2D eigenvalue weighted by Crippen LogP contribution is 2.14. The first kappa shape index (κ1) is 14.2. The van der Waals surface area contributed by atoms with Crippen molar-refractivity contribution in [1.29, 1.82) is 0 Å². The number of nitrogens with one attached hydrogen (secondary N) is 1. The number of hydrogen-bond donors (Lipinski definition) is 2. The molecule has 0 radical (unpaired) electrons. The number of benzene rings is 1. The van der Waals surface area contributed by atoms with Crippen LogP contribution in [-0.2, 0) is 19.4 Å². The van der Waals surface area contributed by atoms with Crippen molar-refractivity contribution >= 4 is 15.9 Å². The van der Waals surface area contributed by atoms with E-state index in [1.165, 1.54) is 5.56 Å². The second kappa shape index (κ2) is 6.79. The molecule has 102 valence electrons. The van der Waals surface area contributed by atoms with Crippen molar-refractivity contribution in [3.05, 3.63) is 46.5 Å². The topological polar surface area (TPSA) is 68.8 Å². The largest absolute Gasteiger partial charge is 0.271 e. The number of aromatic nitrogens is 3. The minimum atomic E-state index is 0.142. The summed E-state index contributed by atoms with van der Waals surface area (Å²) in [5.41, 5.74) is 4.10. The van der Waals surface area contributed by atoms with E-state index in [2.05, 4.69) is 50.5 Å². The zero-order valence-corrected chi connectivity index (χ0v) is 12.5. The number of hydrazine groups is 1. The van der Waals surface area contributed by atoms with Crippen molar-refractivity contribution in [3.63, 3.8) is 0 Å². The smallest absolute Gasteiger partial charge is 0.138 e. The van der Waals surface area contributed by atoms with Gasteiger partial charge in [-0.15, -0.1) is 0 Å². The number of nitrogens with zero attached hydrogens (tertiary/aromatic N) is 3. The van der Waals surface area contributed by atoms with Crippen LogP contribution in [0.5, 0.6) is 0 Å². The van der Waals surface area contributed by atoms with E-state index < -0.39 is 0 Å². The maximum absolute atomic E-state index is 5.65. The van der Waals surface area contributed by atoms with E-state index in [4.69, 9.17) is 5.84 Å². The van der Waals surface area contributed by atoms with Crippen molar-refractivity contribution in [3.8, 4) is 0 Å². The highest BCUT2D eigenvalue weighted by Gasteiger charge is 2.13. The van der Waals surface area contributed by atoms with Crippen LogP contribution < -0.4 is 11.3 Å². The van der Waals surface area contributed by atoms with Gasteiger partial charge in [0.1, 0.15) is 12.2 Å². The fraction of sp³-hybridized carbons (Fsp3) is 0.385. The molecular weight excluding hydrogens is 306 g/mol. The minimum Gasteiger partial charge on any atom is -0.271 e. The molecule has 0 saturated heterocycles. The van der Waals surface area contributed by atoms with E-state index in [1.54, 1.807) is 6.33 Å². The van der Waals surface area contributed by atoms with Crippen molar-refractivity contribution < 1.29 is 0 Å². The monoisotopic (exact) mass is 323 g/mol. The third kappa shape index (κ3) is 3.86. The zero-order valence-electron chi connectivity index (χ0n) is 10.9. The number of halogens is 1. The third-order valence-corrected chi connectivity index (χ3v) is 3.52. The van der Waals surface area contributed by atoms with Gasteiger partial charge >= 0.3 is 0 Å². The number of rotatable bonds is 6. The summed E-state index contributed by atoms with van der Waals surface area (Å²) >= 11 is 3.48. The van der Waals surface area contributed by atoms with E-state index >= 15 is 0 Å². The van der Waals surface area contributed by atoms with Crippen LogP contribution in [0.2, 0.25) is 0 Å². The van der Waals surface area contributed by atoms with Crippen LogP contribution in [0, 0.1) is 0 Å². The SMILES string of the molecule is CCn1ncnc1CC(Cc1cccc(Br)c1)NN. The van der Waals surface area contributed by atoms with E-state index in [1.807, 2.05) is 16.8 Å². The maximum atomic E-state index is 5.65. The van der Waals surface area contributed by atoms with Crippen molar-refractivity contribution in [2.75, 3.05) is 0 Å². The molecule has 0 amide bonds. The molecule has 6 heteroatoms. The quantitative estimate of drug-likeness (QED) is 0.627. The Bertz CT molecular complexity index is 525. The number of aryl methyl sites for hydroxylation is 1. The lowest BCUT2D eigenvalue weighted by atomic mass is 10.0. The van der Waals surface area contributed by atoms with Crippen LogP contribution in [-0.4, -0.2) is 20.8 Å². The van der Waals surface area contributed by atoms with Gasteiger partial charge in [0.25, 0.3) is 0 Å². The second-order valence-electron chi connectivity index (χ2n) is 4.39. The Balaban J connectivity index is 2.04. The van der Waals surface area contributed by atoms with Gasteiger partial charge in [-0.3, -0.25) is 16.0 Å². The summed E-state index contributed by atoms with van der Waals surface area (Å²) in [6, 6.07) is 8.39. The Hall–Kier alpha value is -1.24. The lowest BCUT2D eigenvalue weighted by molar-refractivity contribution is 0.490. The Labute approximate surface area is 121 Å². The second-order valence-corrected chi connectivity index (χ2v) is 5.31. The summed E-state index contributed by atoms with van der Waals surface area (Å²) in [5, 5.41) is 4.17. The average molecular weight is 324 g/mol. The van der Waals surface area contributed by atoms with Crippen molar-refractivity contribution in [2.24, 2.45) is 5.84 Å². The molecule has 2 aromatic rings. The first-order valence-corrected chi connectivity index (χ1v) is 7.09. The Kier molecular flexibility index (Phi) is 5.07. The van der Waals surface area contributed by atoms with Gasteiger partial charge in [0, 0.05) is 23.5 Å². The fourth-order valence-corrected chi connectivity index (χ4v) is 2.52. The van der Waals surface area contributed by atoms with Crippen LogP contribution in [0.1, 0.15) is 18.3 Å².